The number of nitrogens with one attached hydrogen (secondary N) is 3. The summed E-state index contributed by atoms with van der Waals surface area (Å²) in [6.45, 7) is 8.28. The fourth-order valence-corrected chi connectivity index (χ4v) is 2.38. The Morgan fingerprint density at radius 3 is 2.52 bits per heavy atom. The highest BCUT2D eigenvalue weighted by Crippen LogP contribution is 2.10. The van der Waals surface area contributed by atoms with Gasteiger partial charge >= 0.3 is 0 Å². The minimum Gasteiger partial charge on any atom is -0.356 e. The lowest BCUT2D eigenvalue weighted by atomic mass is 10.1. The number of hydrogen-bond acceptors (Lipinski definition) is 4. The first-order valence-corrected chi connectivity index (χ1v) is 8.05. The average molecular weight is 311 g/mol. The lowest BCUT2D eigenvalue weighted by molar-refractivity contribution is 0.0957. The van der Waals surface area contributed by atoms with Crippen LogP contribution in [0.3, 0.4) is 0 Å². The topological polar surface area (TPSA) is 78.4 Å². The number of rotatable bonds is 7. The van der Waals surface area contributed by atoms with Gasteiger partial charge in [-0.05, 0) is 19.3 Å². The van der Waals surface area contributed by atoms with Gasteiger partial charge in [0.1, 0.15) is 4.88 Å². The first kappa shape index (κ1) is 17.4. The molecule has 1 aromatic rings. The molecular weight excluding hydrogens is 286 g/mol. The molecule has 6 nitrogen and oxygen atoms in total. The molecule has 0 radical (unpaired) electrons. The molecule has 0 fully saturated rings. The largest absolute Gasteiger partial charge is 0.356 e. The van der Waals surface area contributed by atoms with Crippen molar-refractivity contribution in [2.45, 2.75) is 27.2 Å². The minimum atomic E-state index is -0.0699. The number of aryl methyl sites for hydroxylation is 1. The number of hydrogen-bond donors (Lipinski definition) is 3. The van der Waals surface area contributed by atoms with Gasteiger partial charge in [-0.3, -0.25) is 9.79 Å². The lowest BCUT2D eigenvalue weighted by Crippen LogP contribution is -2.42. The number of carbonyl (C=O) groups is 1. The van der Waals surface area contributed by atoms with Crippen LogP contribution in [-0.4, -0.2) is 43.5 Å². The van der Waals surface area contributed by atoms with E-state index >= 15 is 0 Å². The molecule has 1 amide bonds. The second kappa shape index (κ2) is 9.33. The van der Waals surface area contributed by atoms with Crippen molar-refractivity contribution in [2.75, 3.05) is 26.7 Å². The first-order chi connectivity index (χ1) is 10.0. The maximum atomic E-state index is 11.9. The summed E-state index contributed by atoms with van der Waals surface area (Å²) in [7, 11) is 1.74. The summed E-state index contributed by atoms with van der Waals surface area (Å²) in [5.41, 5.74) is 2.46. The van der Waals surface area contributed by atoms with Gasteiger partial charge in [-0.15, -0.1) is 11.3 Å². The Morgan fingerprint density at radius 2 is 1.95 bits per heavy atom. The maximum Gasteiger partial charge on any atom is 0.263 e. The quantitative estimate of drug-likeness (QED) is 0.404. The van der Waals surface area contributed by atoms with Crippen molar-refractivity contribution in [3.63, 3.8) is 0 Å². The molecular formula is C14H25N5OS. The van der Waals surface area contributed by atoms with Crippen LogP contribution in [0.1, 0.15) is 35.6 Å². The Balaban J connectivity index is 2.20. The third-order valence-electron chi connectivity index (χ3n) is 2.89. The van der Waals surface area contributed by atoms with Crippen molar-refractivity contribution in [1.29, 1.82) is 0 Å². The molecule has 0 bridgehead atoms. The van der Waals surface area contributed by atoms with E-state index in [0.717, 1.165) is 24.6 Å². The van der Waals surface area contributed by atoms with Crippen molar-refractivity contribution < 1.29 is 4.79 Å². The molecule has 0 saturated heterocycles. The van der Waals surface area contributed by atoms with E-state index in [1.807, 2.05) is 6.92 Å². The third-order valence-corrected chi connectivity index (χ3v) is 3.82. The van der Waals surface area contributed by atoms with Crippen LogP contribution in [-0.2, 0) is 0 Å². The number of carbonyl (C=O) groups excluding carboxylic acids is 1. The van der Waals surface area contributed by atoms with Gasteiger partial charge in [0.05, 0.1) is 11.2 Å². The summed E-state index contributed by atoms with van der Waals surface area (Å²) in [6.07, 6.45) is 1.10. The first-order valence-electron chi connectivity index (χ1n) is 7.17. The Bertz CT molecular complexity index is 470. The van der Waals surface area contributed by atoms with Gasteiger partial charge in [-0.2, -0.15) is 0 Å². The van der Waals surface area contributed by atoms with Crippen molar-refractivity contribution in [3.05, 3.63) is 16.1 Å². The second-order valence-corrected chi connectivity index (χ2v) is 5.99. The summed E-state index contributed by atoms with van der Waals surface area (Å²) < 4.78 is 0. The van der Waals surface area contributed by atoms with E-state index in [4.69, 9.17) is 0 Å². The van der Waals surface area contributed by atoms with Crippen molar-refractivity contribution in [1.82, 2.24) is 20.9 Å². The van der Waals surface area contributed by atoms with Gasteiger partial charge in [0.2, 0.25) is 0 Å². The standard InChI is InChI=1S/C14H25N5OS/c1-10(2)5-6-17-14(15-4)18-8-7-16-13(20)12-11(3)19-9-21-12/h9-10H,5-8H2,1-4H3,(H,16,20)(H2,15,17,18). The van der Waals surface area contributed by atoms with Gasteiger partial charge in [0.25, 0.3) is 5.91 Å². The van der Waals surface area contributed by atoms with Gasteiger partial charge < -0.3 is 16.0 Å². The van der Waals surface area contributed by atoms with Crippen molar-refractivity contribution in [2.24, 2.45) is 10.9 Å². The molecule has 0 atom stereocenters. The predicted octanol–water partition coefficient (Wildman–Crippen LogP) is 1.39. The number of aliphatic imine (C=N–C) groups is 1. The van der Waals surface area contributed by atoms with Gasteiger partial charge in [0, 0.05) is 26.7 Å². The van der Waals surface area contributed by atoms with Gasteiger partial charge in [0.15, 0.2) is 5.96 Å². The lowest BCUT2D eigenvalue weighted by Gasteiger charge is -2.13. The van der Waals surface area contributed by atoms with E-state index in [-0.39, 0.29) is 5.91 Å². The van der Waals surface area contributed by atoms with Crippen LogP contribution in [0, 0.1) is 12.8 Å². The van der Waals surface area contributed by atoms with Crippen LogP contribution in [0.15, 0.2) is 10.5 Å². The number of thiazole rings is 1. The monoisotopic (exact) mass is 311 g/mol. The second-order valence-electron chi connectivity index (χ2n) is 5.13. The molecule has 1 aromatic heterocycles. The van der Waals surface area contributed by atoms with Crippen molar-refractivity contribution in [3.8, 4) is 0 Å². The minimum absolute atomic E-state index is 0.0699. The molecule has 0 aromatic carbocycles. The van der Waals surface area contributed by atoms with Crippen LogP contribution in [0.4, 0.5) is 0 Å². The zero-order chi connectivity index (χ0) is 15.7. The highest BCUT2D eigenvalue weighted by molar-refractivity contribution is 7.11. The van der Waals surface area contributed by atoms with Crippen LogP contribution in [0.2, 0.25) is 0 Å². The summed E-state index contributed by atoms with van der Waals surface area (Å²) in [5, 5.41) is 9.28. The SMILES string of the molecule is CN=C(NCCNC(=O)c1scnc1C)NCCC(C)C. The molecule has 0 aliphatic rings. The molecule has 0 spiro atoms. The molecule has 1 rings (SSSR count). The smallest absolute Gasteiger partial charge is 0.263 e. The fraction of sp³-hybridized carbons (Fsp3) is 0.643. The summed E-state index contributed by atoms with van der Waals surface area (Å²) in [6, 6.07) is 0. The van der Waals surface area contributed by atoms with Crippen LogP contribution in [0.25, 0.3) is 0 Å². The maximum absolute atomic E-state index is 11.9. The summed E-state index contributed by atoms with van der Waals surface area (Å²) >= 11 is 1.36. The van der Waals surface area contributed by atoms with E-state index in [2.05, 4.69) is 39.8 Å². The highest BCUT2D eigenvalue weighted by Gasteiger charge is 2.10. The van der Waals surface area contributed by atoms with Crippen LogP contribution >= 0.6 is 11.3 Å². The normalized spacial score (nSPS) is 11.6. The number of amides is 1. The van der Waals surface area contributed by atoms with Gasteiger partial charge in [-0.1, -0.05) is 13.8 Å². The van der Waals surface area contributed by atoms with E-state index in [1.54, 1.807) is 12.6 Å². The number of guanidine groups is 1. The Hall–Kier alpha value is -1.63. The number of nitrogens with zero attached hydrogens (tertiary/aromatic N) is 2. The van der Waals surface area contributed by atoms with Crippen LogP contribution < -0.4 is 16.0 Å². The molecule has 21 heavy (non-hydrogen) atoms. The molecule has 0 aliphatic heterocycles. The Labute approximate surface area is 130 Å². The Morgan fingerprint density at radius 1 is 1.29 bits per heavy atom. The van der Waals surface area contributed by atoms with Crippen molar-refractivity contribution >= 4 is 23.2 Å². The highest BCUT2D eigenvalue weighted by atomic mass is 32.1. The molecule has 118 valence electrons. The van der Waals surface area contributed by atoms with E-state index in [1.165, 1.54) is 11.3 Å². The average Bonchev–Trinajstić information content (AvgIpc) is 2.87. The van der Waals surface area contributed by atoms with E-state index < -0.39 is 0 Å². The molecule has 3 N–H and O–H groups in total. The third kappa shape index (κ3) is 6.57. The van der Waals surface area contributed by atoms with Gasteiger partial charge in [-0.25, -0.2) is 4.98 Å². The predicted molar refractivity (Wildman–Crippen MR) is 88.0 cm³/mol. The molecule has 7 heteroatoms. The summed E-state index contributed by atoms with van der Waals surface area (Å²) in [5.74, 6) is 1.36. The molecule has 0 aliphatic carbocycles. The van der Waals surface area contributed by atoms with E-state index in [0.29, 0.717) is 23.9 Å². The molecule has 0 unspecified atom stereocenters. The zero-order valence-corrected chi connectivity index (χ0v) is 14.0. The molecule has 0 saturated carbocycles. The number of aromatic nitrogens is 1. The molecule has 1 heterocycles. The van der Waals surface area contributed by atoms with Crippen LogP contribution in [0.5, 0.6) is 0 Å². The van der Waals surface area contributed by atoms with E-state index in [9.17, 15) is 4.79 Å². The fourth-order valence-electron chi connectivity index (χ4n) is 1.66. The summed E-state index contributed by atoms with van der Waals surface area (Å²) in [4.78, 5) is 20.8. The Kier molecular flexibility index (Phi) is 7.74. The zero-order valence-electron chi connectivity index (χ0n) is 13.2.